The molecule has 4 rings (SSSR count). The molecule has 1 aliphatic carbocycles. The van der Waals surface area contributed by atoms with E-state index >= 15 is 0 Å². The zero-order chi connectivity index (χ0) is 17.4. The molecule has 0 saturated carbocycles. The zero-order valence-corrected chi connectivity index (χ0v) is 13.0. The number of carbonyl (C=O) groups excluding carboxylic acids is 1. The van der Waals surface area contributed by atoms with E-state index in [0.717, 1.165) is 0 Å². The number of aromatic amines is 1. The fourth-order valence-electron chi connectivity index (χ4n) is 3.15. The lowest BCUT2D eigenvalue weighted by Gasteiger charge is -2.21. The highest BCUT2D eigenvalue weighted by atomic mass is 19.3. The molecule has 0 bridgehead atoms. The summed E-state index contributed by atoms with van der Waals surface area (Å²) in [4.78, 5) is 16.6. The maximum Gasteiger partial charge on any atom is 0.276 e. The molecule has 0 aliphatic heterocycles. The van der Waals surface area contributed by atoms with E-state index in [1.165, 1.54) is 6.20 Å². The highest BCUT2D eigenvalue weighted by molar-refractivity contribution is 6.00. The van der Waals surface area contributed by atoms with Crippen LogP contribution >= 0.6 is 0 Å². The fraction of sp³-hybridized carbons (Fsp3) is 0.167. The number of H-pyrrole nitrogens is 1. The summed E-state index contributed by atoms with van der Waals surface area (Å²) in [5.74, 6) is -3.62. The third kappa shape index (κ3) is 2.67. The first-order valence-electron chi connectivity index (χ1n) is 7.76. The molecule has 5 nitrogen and oxygen atoms in total. The molecule has 1 amide bonds. The van der Waals surface area contributed by atoms with E-state index in [1.54, 1.807) is 48.8 Å². The van der Waals surface area contributed by atoms with Crippen molar-refractivity contribution < 1.29 is 13.6 Å². The quantitative estimate of drug-likeness (QED) is 0.769. The third-order valence-corrected chi connectivity index (χ3v) is 4.34. The molecule has 1 unspecified atom stereocenters. The number of amides is 1. The van der Waals surface area contributed by atoms with Gasteiger partial charge in [0.1, 0.15) is 6.04 Å². The van der Waals surface area contributed by atoms with Crippen molar-refractivity contribution in [3.05, 3.63) is 71.7 Å². The van der Waals surface area contributed by atoms with Crippen molar-refractivity contribution in [1.82, 2.24) is 20.5 Å². The summed E-state index contributed by atoms with van der Waals surface area (Å²) < 4.78 is 28.8. The van der Waals surface area contributed by atoms with Gasteiger partial charge in [0, 0.05) is 24.4 Å². The van der Waals surface area contributed by atoms with Crippen LogP contribution in [0.25, 0.3) is 11.3 Å². The monoisotopic (exact) mass is 340 g/mol. The largest absolute Gasteiger partial charge is 0.339 e. The third-order valence-electron chi connectivity index (χ3n) is 4.34. The Hall–Kier alpha value is -3.09. The minimum atomic E-state index is -3.03. The van der Waals surface area contributed by atoms with Crippen molar-refractivity contribution in [3.8, 4) is 11.3 Å². The normalized spacial score (nSPS) is 17.9. The second kappa shape index (κ2) is 5.77. The number of rotatable bonds is 3. The molecular formula is C18H14F2N4O. The minimum Gasteiger partial charge on any atom is -0.339 e. The molecule has 25 heavy (non-hydrogen) atoms. The predicted molar refractivity (Wildman–Crippen MR) is 87.1 cm³/mol. The van der Waals surface area contributed by atoms with Crippen molar-refractivity contribution in [2.45, 2.75) is 18.4 Å². The molecule has 2 aromatic heterocycles. The molecule has 2 heterocycles. The standard InChI is InChI=1S/C18H14F2N4O/c19-18(20)9-12-3-1-2-4-13(12)16(18)23-17(25)14-10-22-24-15(14)11-5-7-21-8-6-11/h1-8,10,16H,9H2,(H,22,24)(H,23,25). The smallest absolute Gasteiger partial charge is 0.276 e. The summed E-state index contributed by atoms with van der Waals surface area (Å²) in [5, 5.41) is 9.10. The number of pyridine rings is 1. The van der Waals surface area contributed by atoms with E-state index in [-0.39, 0.29) is 12.0 Å². The highest BCUT2D eigenvalue weighted by Gasteiger charge is 2.48. The molecule has 126 valence electrons. The first-order valence-corrected chi connectivity index (χ1v) is 7.76. The van der Waals surface area contributed by atoms with Crippen LogP contribution in [0.4, 0.5) is 8.78 Å². The second-order valence-electron chi connectivity index (χ2n) is 5.94. The molecule has 0 fully saturated rings. The Labute approximate surface area is 142 Å². The summed E-state index contributed by atoms with van der Waals surface area (Å²) in [6.07, 6.45) is 4.12. The Kier molecular flexibility index (Phi) is 3.56. The summed E-state index contributed by atoms with van der Waals surface area (Å²) in [6, 6.07) is 8.77. The van der Waals surface area contributed by atoms with Crippen molar-refractivity contribution in [3.63, 3.8) is 0 Å². The van der Waals surface area contributed by atoms with Crippen molar-refractivity contribution in [2.24, 2.45) is 0 Å². The van der Waals surface area contributed by atoms with Crippen LogP contribution in [-0.2, 0) is 6.42 Å². The van der Waals surface area contributed by atoms with Crippen LogP contribution in [0.5, 0.6) is 0 Å². The summed E-state index contributed by atoms with van der Waals surface area (Å²) in [5.41, 5.74) is 2.39. The van der Waals surface area contributed by atoms with E-state index < -0.39 is 17.9 Å². The molecule has 0 spiro atoms. The molecule has 0 radical (unpaired) electrons. The van der Waals surface area contributed by atoms with Crippen LogP contribution in [0.2, 0.25) is 0 Å². The Morgan fingerprint density at radius 2 is 1.96 bits per heavy atom. The Morgan fingerprint density at radius 3 is 2.76 bits per heavy atom. The first kappa shape index (κ1) is 15.4. The molecule has 3 aromatic rings. The zero-order valence-electron chi connectivity index (χ0n) is 13.0. The lowest BCUT2D eigenvalue weighted by atomic mass is 10.1. The van der Waals surface area contributed by atoms with Crippen molar-refractivity contribution in [1.29, 1.82) is 0 Å². The van der Waals surface area contributed by atoms with Gasteiger partial charge in [-0.05, 0) is 23.3 Å². The summed E-state index contributed by atoms with van der Waals surface area (Å²) >= 11 is 0. The average molecular weight is 340 g/mol. The number of nitrogens with zero attached hydrogens (tertiary/aromatic N) is 2. The van der Waals surface area contributed by atoms with Crippen LogP contribution < -0.4 is 5.32 Å². The maximum atomic E-state index is 14.4. The van der Waals surface area contributed by atoms with Crippen molar-refractivity contribution >= 4 is 5.91 Å². The van der Waals surface area contributed by atoms with Crippen LogP contribution in [0.3, 0.4) is 0 Å². The van der Waals surface area contributed by atoms with E-state index in [9.17, 15) is 13.6 Å². The highest BCUT2D eigenvalue weighted by Crippen LogP contribution is 2.43. The first-order chi connectivity index (χ1) is 12.1. The lowest BCUT2D eigenvalue weighted by molar-refractivity contribution is -0.0240. The number of fused-ring (bicyclic) bond motifs is 1. The van der Waals surface area contributed by atoms with Crippen LogP contribution in [0.1, 0.15) is 27.5 Å². The van der Waals surface area contributed by atoms with Gasteiger partial charge in [-0.15, -0.1) is 0 Å². The number of aromatic nitrogens is 3. The van der Waals surface area contributed by atoms with Gasteiger partial charge in [0.25, 0.3) is 11.8 Å². The van der Waals surface area contributed by atoms with Gasteiger partial charge in [-0.25, -0.2) is 8.78 Å². The van der Waals surface area contributed by atoms with Crippen LogP contribution in [0.15, 0.2) is 55.0 Å². The van der Waals surface area contributed by atoms with Gasteiger partial charge in [0.2, 0.25) is 0 Å². The van der Waals surface area contributed by atoms with Gasteiger partial charge in [-0.2, -0.15) is 5.10 Å². The van der Waals surface area contributed by atoms with E-state index in [1.807, 2.05) is 0 Å². The van der Waals surface area contributed by atoms with E-state index in [4.69, 9.17) is 0 Å². The van der Waals surface area contributed by atoms with Gasteiger partial charge >= 0.3 is 0 Å². The Morgan fingerprint density at radius 1 is 1.20 bits per heavy atom. The Bertz CT molecular complexity index is 924. The van der Waals surface area contributed by atoms with Gasteiger partial charge in [0.15, 0.2) is 0 Å². The average Bonchev–Trinajstić information content (AvgIpc) is 3.19. The molecule has 1 atom stereocenters. The van der Waals surface area contributed by atoms with E-state index in [0.29, 0.717) is 22.4 Å². The number of nitrogens with one attached hydrogen (secondary N) is 2. The number of alkyl halides is 2. The van der Waals surface area contributed by atoms with Gasteiger partial charge in [-0.3, -0.25) is 14.9 Å². The number of carbonyl (C=O) groups is 1. The minimum absolute atomic E-state index is 0.214. The fourth-order valence-corrected chi connectivity index (χ4v) is 3.15. The predicted octanol–water partition coefficient (Wildman–Crippen LogP) is 3.13. The van der Waals surface area contributed by atoms with E-state index in [2.05, 4.69) is 20.5 Å². The molecule has 1 aliphatic rings. The molecule has 1 aromatic carbocycles. The number of hydrogen-bond donors (Lipinski definition) is 2. The molecule has 2 N–H and O–H groups in total. The second-order valence-corrected chi connectivity index (χ2v) is 5.94. The molecular weight excluding hydrogens is 326 g/mol. The summed E-state index contributed by atoms with van der Waals surface area (Å²) in [7, 11) is 0. The van der Waals surface area contributed by atoms with Gasteiger partial charge < -0.3 is 5.32 Å². The van der Waals surface area contributed by atoms with Gasteiger partial charge in [0.05, 0.1) is 17.5 Å². The summed E-state index contributed by atoms with van der Waals surface area (Å²) in [6.45, 7) is 0. The number of halogens is 2. The lowest BCUT2D eigenvalue weighted by Crippen LogP contribution is -2.38. The van der Waals surface area contributed by atoms with Crippen molar-refractivity contribution in [2.75, 3.05) is 0 Å². The molecule has 0 saturated heterocycles. The maximum absolute atomic E-state index is 14.4. The number of hydrogen-bond acceptors (Lipinski definition) is 3. The molecule has 7 heteroatoms. The van der Waals surface area contributed by atoms with Crippen LogP contribution in [-0.4, -0.2) is 27.0 Å². The SMILES string of the molecule is O=C(NC1c2ccccc2CC1(F)F)c1cn[nH]c1-c1ccncc1. The van der Waals surface area contributed by atoms with Crippen LogP contribution in [0, 0.1) is 0 Å². The number of benzene rings is 1. The topological polar surface area (TPSA) is 70.7 Å². The van der Waals surface area contributed by atoms with Gasteiger partial charge in [-0.1, -0.05) is 24.3 Å². The Balaban J connectivity index is 1.65.